The van der Waals surface area contributed by atoms with Crippen LogP contribution < -0.4 is 36.9 Å². The molecule has 258 valence electrons. The van der Waals surface area contributed by atoms with Crippen molar-refractivity contribution in [2.45, 2.75) is 57.0 Å². The van der Waals surface area contributed by atoms with Gasteiger partial charge in [-0.15, -0.1) is 0 Å². The molecule has 13 nitrogen and oxygen atoms in total. The number of benzene rings is 2. The van der Waals surface area contributed by atoms with Crippen LogP contribution in [-0.4, -0.2) is 81.7 Å². The number of nitrogens with two attached hydrogens (primary N) is 2. The maximum absolute atomic E-state index is 12.5. The number of phenolic OH excluding ortho intramolecular Hbond substituents is 2. The number of anilines is 1. The number of aliphatic imine (C=N–C) groups is 2. The third-order valence-corrected chi connectivity index (χ3v) is 8.21. The second-order valence-electron chi connectivity index (χ2n) is 11.7. The molecule has 0 heterocycles. The Hall–Kier alpha value is -4.49. The third kappa shape index (κ3) is 11.7. The van der Waals surface area contributed by atoms with Gasteiger partial charge in [0.2, 0.25) is 0 Å². The second kappa shape index (κ2) is 18.6. The maximum atomic E-state index is 12.5. The number of guanidine groups is 2. The van der Waals surface area contributed by atoms with Gasteiger partial charge in [-0.1, -0.05) is 12.1 Å². The molecule has 0 spiro atoms. The molecule has 0 amide bonds. The molecule has 0 bridgehead atoms. The molecule has 1 aliphatic carbocycles. The summed E-state index contributed by atoms with van der Waals surface area (Å²) in [7, 11) is 6.56. The van der Waals surface area contributed by atoms with E-state index in [0.717, 1.165) is 36.8 Å². The van der Waals surface area contributed by atoms with Crippen LogP contribution in [-0.2, 0) is 22.4 Å². The number of hydrogen-bond acceptors (Lipinski definition) is 9. The molecule has 0 aliphatic heterocycles. The molecular formula is C34H51N7O6. The molecule has 1 fully saturated rings. The van der Waals surface area contributed by atoms with E-state index in [1.807, 2.05) is 25.3 Å². The summed E-state index contributed by atoms with van der Waals surface area (Å²) in [6.45, 7) is 1.49. The van der Waals surface area contributed by atoms with Crippen molar-refractivity contribution in [2.75, 3.05) is 53.5 Å². The Morgan fingerprint density at radius 1 is 1.09 bits per heavy atom. The summed E-state index contributed by atoms with van der Waals surface area (Å²) in [5.74, 6) is 1.67. The minimum Gasteiger partial charge on any atom is -0.504 e. The highest BCUT2D eigenvalue weighted by molar-refractivity contribution is 5.94. The molecule has 1 saturated carbocycles. The van der Waals surface area contributed by atoms with Crippen molar-refractivity contribution >= 4 is 23.4 Å². The summed E-state index contributed by atoms with van der Waals surface area (Å²) in [4.78, 5) is 20.3. The quantitative estimate of drug-likeness (QED) is 0.0311. The number of nitrogens with zero attached hydrogens (tertiary/aromatic N) is 2. The van der Waals surface area contributed by atoms with Crippen molar-refractivity contribution in [3.05, 3.63) is 53.6 Å². The van der Waals surface area contributed by atoms with Gasteiger partial charge in [-0.05, 0) is 99.4 Å². The summed E-state index contributed by atoms with van der Waals surface area (Å²) in [5.41, 5.74) is 13.3. The minimum absolute atomic E-state index is 0.00597. The number of methoxy groups -OCH3 is 1. The Kier molecular flexibility index (Phi) is 14.6. The molecular weight excluding hydrogens is 602 g/mol. The van der Waals surface area contributed by atoms with Crippen molar-refractivity contribution in [3.8, 4) is 23.0 Å². The van der Waals surface area contributed by atoms with E-state index < -0.39 is 5.60 Å². The monoisotopic (exact) mass is 653 g/mol. The van der Waals surface area contributed by atoms with Crippen LogP contribution >= 0.6 is 0 Å². The number of rotatable bonds is 18. The van der Waals surface area contributed by atoms with Gasteiger partial charge in [0.25, 0.3) is 0 Å². The minimum atomic E-state index is -0.511. The van der Waals surface area contributed by atoms with Crippen LogP contribution in [0.2, 0.25) is 0 Å². The molecule has 0 radical (unpaired) electrons. The number of aryl methyl sites for hydroxylation is 2. The normalized spacial score (nSPS) is 18.4. The average Bonchev–Trinajstić information content (AvgIpc) is 3.46. The van der Waals surface area contributed by atoms with Gasteiger partial charge in [0.05, 0.1) is 12.8 Å². The molecule has 0 unspecified atom stereocenters. The van der Waals surface area contributed by atoms with Gasteiger partial charge < -0.3 is 51.8 Å². The molecule has 2 atom stereocenters. The highest BCUT2D eigenvalue weighted by Crippen LogP contribution is 2.44. The molecule has 0 saturated heterocycles. The van der Waals surface area contributed by atoms with Crippen LogP contribution in [0, 0.1) is 5.92 Å². The van der Waals surface area contributed by atoms with Gasteiger partial charge in [0.15, 0.2) is 40.7 Å². The molecule has 9 N–H and O–H groups in total. The lowest BCUT2D eigenvalue weighted by Gasteiger charge is -2.31. The molecule has 2 aromatic carbocycles. The summed E-state index contributed by atoms with van der Waals surface area (Å²) >= 11 is 0. The Morgan fingerprint density at radius 2 is 1.85 bits per heavy atom. The van der Waals surface area contributed by atoms with Crippen molar-refractivity contribution in [1.82, 2.24) is 10.6 Å². The van der Waals surface area contributed by atoms with E-state index >= 15 is 0 Å². The zero-order chi connectivity index (χ0) is 34.2. The van der Waals surface area contributed by atoms with Crippen molar-refractivity contribution < 1.29 is 29.2 Å². The predicted octanol–water partition coefficient (Wildman–Crippen LogP) is 3.19. The Bertz CT molecular complexity index is 1410. The SMILES string of the molecule is CN=C(N)NCOCC[C@H]1CC[C@@](CNC)(Oc2cc(CC/C=C/C(=O)CCc3ccc(O)c(OC)c3)cc(NC(N)=NC)c2O)C1. The summed E-state index contributed by atoms with van der Waals surface area (Å²) in [5, 5.41) is 30.1. The standard InChI is InChI=1S/C34H51N7O6/c1-37-21-34(15-13-24(20-34)14-16-46-22-40-32(35)38-2)47-30-19-25(17-27(31(30)44)41-33(36)39-3)7-5-6-8-26(42)11-9-23-10-12-28(43)29(18-23)45-4/h6,8,10,12,17-19,24,37,43-44H,5,7,9,11,13-16,20-22H2,1-4H3,(H3,35,38,40)(H3,36,39,41)/b8-6+/t24-,34-/m1/s1. The lowest BCUT2D eigenvalue weighted by molar-refractivity contribution is -0.114. The smallest absolute Gasteiger partial charge is 0.192 e. The fourth-order valence-electron chi connectivity index (χ4n) is 5.68. The molecule has 13 heteroatoms. The van der Waals surface area contributed by atoms with E-state index in [0.29, 0.717) is 74.6 Å². The van der Waals surface area contributed by atoms with Crippen LogP contribution in [0.25, 0.3) is 0 Å². The highest BCUT2D eigenvalue weighted by atomic mass is 16.5. The molecule has 0 aromatic heterocycles. The van der Waals surface area contributed by atoms with Crippen LogP contribution in [0.15, 0.2) is 52.5 Å². The van der Waals surface area contributed by atoms with Crippen molar-refractivity contribution in [3.63, 3.8) is 0 Å². The van der Waals surface area contributed by atoms with Crippen molar-refractivity contribution in [2.24, 2.45) is 27.4 Å². The highest BCUT2D eigenvalue weighted by Gasteiger charge is 2.41. The fraction of sp³-hybridized carbons (Fsp3) is 0.500. The van der Waals surface area contributed by atoms with Crippen LogP contribution in [0.3, 0.4) is 0 Å². The van der Waals surface area contributed by atoms with Gasteiger partial charge in [-0.3, -0.25) is 14.8 Å². The average molecular weight is 654 g/mol. The first-order valence-electron chi connectivity index (χ1n) is 15.9. The first-order chi connectivity index (χ1) is 22.6. The lowest BCUT2D eigenvalue weighted by Crippen LogP contribution is -2.42. The van der Waals surface area contributed by atoms with Gasteiger partial charge >= 0.3 is 0 Å². The molecule has 47 heavy (non-hydrogen) atoms. The number of ether oxygens (including phenoxy) is 3. The molecule has 2 aromatic rings. The maximum Gasteiger partial charge on any atom is 0.192 e. The first kappa shape index (κ1) is 37.0. The number of carbonyl (C=O) groups is 1. The van der Waals surface area contributed by atoms with Crippen molar-refractivity contribution in [1.29, 1.82) is 0 Å². The largest absolute Gasteiger partial charge is 0.504 e. The van der Waals surface area contributed by atoms with E-state index in [2.05, 4.69) is 25.9 Å². The number of aromatic hydroxyl groups is 2. The third-order valence-electron chi connectivity index (χ3n) is 8.21. The van der Waals surface area contributed by atoms with Crippen LogP contribution in [0.5, 0.6) is 23.0 Å². The lowest BCUT2D eigenvalue weighted by atomic mass is 9.97. The van der Waals surface area contributed by atoms with Gasteiger partial charge in [-0.2, -0.15) is 0 Å². The van der Waals surface area contributed by atoms with E-state index in [1.165, 1.54) is 7.11 Å². The van der Waals surface area contributed by atoms with Gasteiger partial charge in [0, 0.05) is 33.7 Å². The van der Waals surface area contributed by atoms with E-state index in [-0.39, 0.29) is 23.2 Å². The first-order valence-corrected chi connectivity index (χ1v) is 15.9. The van der Waals surface area contributed by atoms with E-state index in [9.17, 15) is 15.0 Å². The number of hydrogen-bond donors (Lipinski definition) is 7. The van der Waals surface area contributed by atoms with Gasteiger partial charge in [0.1, 0.15) is 12.3 Å². The zero-order valence-corrected chi connectivity index (χ0v) is 28.0. The number of ketones is 1. The van der Waals surface area contributed by atoms with Gasteiger partial charge in [-0.25, -0.2) is 0 Å². The zero-order valence-electron chi connectivity index (χ0n) is 28.0. The summed E-state index contributed by atoms with van der Waals surface area (Å²) in [6, 6.07) is 8.75. The number of carbonyl (C=O) groups excluding carboxylic acids is 1. The number of phenols is 2. The van der Waals surface area contributed by atoms with E-state index in [1.54, 1.807) is 38.4 Å². The summed E-state index contributed by atoms with van der Waals surface area (Å²) < 4.78 is 17.5. The number of allylic oxidation sites excluding steroid dienone is 2. The Labute approximate surface area is 277 Å². The predicted molar refractivity (Wildman–Crippen MR) is 185 cm³/mol. The van der Waals surface area contributed by atoms with E-state index in [4.69, 9.17) is 25.7 Å². The summed E-state index contributed by atoms with van der Waals surface area (Å²) in [6.07, 6.45) is 9.00. The topological polar surface area (TPSA) is 198 Å². The second-order valence-corrected chi connectivity index (χ2v) is 11.7. The van der Waals surface area contributed by atoms with Crippen LogP contribution in [0.1, 0.15) is 49.7 Å². The molecule has 3 rings (SSSR count). The molecule has 1 aliphatic rings. The number of likely N-dealkylation sites (N-methyl/N-ethyl adjacent to an activating group) is 1. The van der Waals surface area contributed by atoms with Crippen LogP contribution in [0.4, 0.5) is 5.69 Å². The fourth-order valence-corrected chi connectivity index (χ4v) is 5.68. The number of nitrogens with one attached hydrogen (secondary N) is 3. The Balaban J connectivity index is 1.65. The Morgan fingerprint density at radius 3 is 2.57 bits per heavy atom.